The van der Waals surface area contributed by atoms with Crippen molar-refractivity contribution < 1.29 is 17.9 Å². The zero-order chi connectivity index (χ0) is 13.1. The number of hydrogen-bond acceptors (Lipinski definition) is 1. The Hall–Kier alpha value is -1.97. The Labute approximate surface area is 103 Å². The average Bonchev–Trinajstić information content (AvgIpc) is 2.29. The zero-order valence-electron chi connectivity index (χ0n) is 9.71. The van der Waals surface area contributed by atoms with Crippen LogP contribution >= 0.6 is 0 Å². The highest BCUT2D eigenvalue weighted by atomic mass is 19.1. The lowest BCUT2D eigenvalue weighted by molar-refractivity contribution is 0.303. The summed E-state index contributed by atoms with van der Waals surface area (Å²) in [6, 6.07) is 7.56. The lowest BCUT2D eigenvalue weighted by Crippen LogP contribution is -1.98. The van der Waals surface area contributed by atoms with Crippen molar-refractivity contribution in [3.05, 3.63) is 65.0 Å². The number of aryl methyl sites for hydroxylation is 1. The van der Waals surface area contributed by atoms with Crippen molar-refractivity contribution in [1.29, 1.82) is 0 Å². The summed E-state index contributed by atoms with van der Waals surface area (Å²) < 4.78 is 44.3. The summed E-state index contributed by atoms with van der Waals surface area (Å²) in [6.45, 7) is 1.62. The fraction of sp³-hybridized carbons (Fsp3) is 0.143. The molecule has 1 nitrogen and oxygen atoms in total. The van der Waals surface area contributed by atoms with Gasteiger partial charge < -0.3 is 4.74 Å². The van der Waals surface area contributed by atoms with Crippen LogP contribution in [-0.2, 0) is 6.61 Å². The number of ether oxygens (including phenoxy) is 1. The topological polar surface area (TPSA) is 9.23 Å². The molecule has 0 saturated heterocycles. The van der Waals surface area contributed by atoms with Crippen molar-refractivity contribution in [1.82, 2.24) is 0 Å². The van der Waals surface area contributed by atoms with Gasteiger partial charge in [-0.1, -0.05) is 6.07 Å². The van der Waals surface area contributed by atoms with E-state index < -0.39 is 11.6 Å². The van der Waals surface area contributed by atoms with Gasteiger partial charge in [-0.05, 0) is 36.2 Å². The second-order valence-electron chi connectivity index (χ2n) is 3.98. The van der Waals surface area contributed by atoms with Crippen molar-refractivity contribution in [3.63, 3.8) is 0 Å². The molecule has 0 aliphatic heterocycles. The largest absolute Gasteiger partial charge is 0.489 e. The van der Waals surface area contributed by atoms with Crippen LogP contribution in [0.4, 0.5) is 13.2 Å². The fourth-order valence-corrected chi connectivity index (χ4v) is 1.52. The molecule has 0 spiro atoms. The molecule has 2 aromatic carbocycles. The second kappa shape index (κ2) is 5.12. The molecule has 4 heteroatoms. The summed E-state index contributed by atoms with van der Waals surface area (Å²) in [5.41, 5.74) is 0.868. The first kappa shape index (κ1) is 12.5. The molecule has 18 heavy (non-hydrogen) atoms. The Morgan fingerprint density at radius 3 is 2.22 bits per heavy atom. The molecule has 0 unspecified atom stereocenters. The van der Waals surface area contributed by atoms with Crippen molar-refractivity contribution >= 4 is 0 Å². The smallest absolute Gasteiger partial charge is 0.129 e. The molecule has 2 aromatic rings. The maximum Gasteiger partial charge on any atom is 0.129 e. The van der Waals surface area contributed by atoms with Crippen molar-refractivity contribution in [2.24, 2.45) is 0 Å². The molecule has 0 atom stereocenters. The molecule has 2 rings (SSSR count). The SMILES string of the molecule is Cc1ccc(OCc2cc(F)cc(F)c2)cc1F. The summed E-state index contributed by atoms with van der Waals surface area (Å²) in [7, 11) is 0. The number of hydrogen-bond donors (Lipinski definition) is 0. The van der Waals surface area contributed by atoms with E-state index in [1.165, 1.54) is 18.2 Å². The van der Waals surface area contributed by atoms with E-state index in [2.05, 4.69) is 0 Å². The molecule has 0 aliphatic rings. The number of benzene rings is 2. The van der Waals surface area contributed by atoms with Crippen LogP contribution in [0.15, 0.2) is 36.4 Å². The molecule has 0 amide bonds. The van der Waals surface area contributed by atoms with Gasteiger partial charge in [0.2, 0.25) is 0 Å². The number of halogens is 3. The van der Waals surface area contributed by atoms with Crippen molar-refractivity contribution in [2.75, 3.05) is 0 Å². The molecule has 0 radical (unpaired) electrons. The highest BCUT2D eigenvalue weighted by Gasteiger charge is 2.03. The van der Waals surface area contributed by atoms with Crippen LogP contribution in [0.25, 0.3) is 0 Å². The minimum atomic E-state index is -0.663. The summed E-state index contributed by atoms with van der Waals surface area (Å²) in [5.74, 6) is -1.38. The molecule has 0 saturated carbocycles. The summed E-state index contributed by atoms with van der Waals surface area (Å²) in [4.78, 5) is 0. The third kappa shape index (κ3) is 3.03. The normalized spacial score (nSPS) is 10.4. The minimum Gasteiger partial charge on any atom is -0.489 e. The Balaban J connectivity index is 2.08. The monoisotopic (exact) mass is 252 g/mol. The maximum absolute atomic E-state index is 13.2. The van der Waals surface area contributed by atoms with E-state index >= 15 is 0 Å². The van der Waals surface area contributed by atoms with Crippen LogP contribution in [0, 0.1) is 24.4 Å². The van der Waals surface area contributed by atoms with E-state index in [9.17, 15) is 13.2 Å². The van der Waals surface area contributed by atoms with Crippen LogP contribution in [-0.4, -0.2) is 0 Å². The van der Waals surface area contributed by atoms with Crippen LogP contribution in [0.1, 0.15) is 11.1 Å². The predicted molar refractivity (Wildman–Crippen MR) is 61.8 cm³/mol. The lowest BCUT2D eigenvalue weighted by atomic mass is 10.2. The van der Waals surface area contributed by atoms with E-state index in [1.54, 1.807) is 19.1 Å². The van der Waals surface area contributed by atoms with Gasteiger partial charge in [-0.15, -0.1) is 0 Å². The van der Waals surface area contributed by atoms with Gasteiger partial charge in [0.25, 0.3) is 0 Å². The first-order valence-corrected chi connectivity index (χ1v) is 5.38. The van der Waals surface area contributed by atoms with Gasteiger partial charge in [0.05, 0.1) is 0 Å². The van der Waals surface area contributed by atoms with Gasteiger partial charge in [-0.25, -0.2) is 13.2 Å². The molecular weight excluding hydrogens is 241 g/mol. The molecular formula is C14H11F3O. The van der Waals surface area contributed by atoms with Gasteiger partial charge >= 0.3 is 0 Å². The molecule has 0 heterocycles. The molecule has 0 fully saturated rings. The average molecular weight is 252 g/mol. The molecule has 0 N–H and O–H groups in total. The lowest BCUT2D eigenvalue weighted by Gasteiger charge is -2.07. The van der Waals surface area contributed by atoms with Crippen LogP contribution < -0.4 is 4.74 Å². The van der Waals surface area contributed by atoms with Crippen LogP contribution in [0.3, 0.4) is 0 Å². The maximum atomic E-state index is 13.2. The third-order valence-corrected chi connectivity index (χ3v) is 2.47. The van der Waals surface area contributed by atoms with E-state index in [-0.39, 0.29) is 12.4 Å². The van der Waals surface area contributed by atoms with Crippen molar-refractivity contribution in [3.8, 4) is 5.75 Å². The van der Waals surface area contributed by atoms with Gasteiger partial charge in [-0.3, -0.25) is 0 Å². The molecule has 0 aliphatic carbocycles. The third-order valence-electron chi connectivity index (χ3n) is 2.47. The van der Waals surface area contributed by atoms with Crippen molar-refractivity contribution in [2.45, 2.75) is 13.5 Å². The van der Waals surface area contributed by atoms with Gasteiger partial charge in [-0.2, -0.15) is 0 Å². The van der Waals surface area contributed by atoms with E-state index in [0.29, 0.717) is 16.9 Å². The zero-order valence-corrected chi connectivity index (χ0v) is 9.71. The Morgan fingerprint density at radius 1 is 0.944 bits per heavy atom. The summed E-state index contributed by atoms with van der Waals surface area (Å²) in [6.07, 6.45) is 0. The van der Waals surface area contributed by atoms with E-state index in [0.717, 1.165) is 6.07 Å². The van der Waals surface area contributed by atoms with Crippen LogP contribution in [0.5, 0.6) is 5.75 Å². The van der Waals surface area contributed by atoms with Gasteiger partial charge in [0.1, 0.15) is 29.8 Å². The van der Waals surface area contributed by atoms with E-state index in [1.807, 2.05) is 0 Å². The standard InChI is InChI=1S/C14H11F3O/c1-9-2-3-13(7-14(9)17)18-8-10-4-11(15)6-12(16)5-10/h2-7H,8H2,1H3. The molecule has 0 bridgehead atoms. The van der Waals surface area contributed by atoms with E-state index in [4.69, 9.17) is 4.74 Å². The fourth-order valence-electron chi connectivity index (χ4n) is 1.52. The van der Waals surface area contributed by atoms with Gasteiger partial charge in [0, 0.05) is 12.1 Å². The van der Waals surface area contributed by atoms with Gasteiger partial charge in [0.15, 0.2) is 0 Å². The predicted octanol–water partition coefficient (Wildman–Crippen LogP) is 3.99. The number of rotatable bonds is 3. The Morgan fingerprint density at radius 2 is 1.61 bits per heavy atom. The Kier molecular flexibility index (Phi) is 3.55. The minimum absolute atomic E-state index is 0.0167. The summed E-state index contributed by atoms with van der Waals surface area (Å²) >= 11 is 0. The first-order valence-electron chi connectivity index (χ1n) is 5.38. The quantitative estimate of drug-likeness (QED) is 0.802. The second-order valence-corrected chi connectivity index (χ2v) is 3.98. The molecule has 0 aromatic heterocycles. The Bertz CT molecular complexity index is 547. The first-order chi connectivity index (χ1) is 8.54. The summed E-state index contributed by atoms with van der Waals surface area (Å²) in [5, 5.41) is 0. The molecule has 94 valence electrons. The van der Waals surface area contributed by atoms with Crippen LogP contribution in [0.2, 0.25) is 0 Å². The highest BCUT2D eigenvalue weighted by molar-refractivity contribution is 5.28. The highest BCUT2D eigenvalue weighted by Crippen LogP contribution is 2.18.